The lowest BCUT2D eigenvalue weighted by atomic mass is 10.1. The molecule has 1 aliphatic rings. The number of anilines is 1. The Morgan fingerprint density at radius 1 is 1.20 bits per heavy atom. The van der Waals surface area contributed by atoms with E-state index < -0.39 is 6.04 Å². The van der Waals surface area contributed by atoms with E-state index >= 15 is 0 Å². The van der Waals surface area contributed by atoms with Gasteiger partial charge in [-0.2, -0.15) is 10.2 Å². The molecule has 3 heterocycles. The molecule has 0 aromatic carbocycles. The summed E-state index contributed by atoms with van der Waals surface area (Å²) in [5.74, 6) is -0.346. The van der Waals surface area contributed by atoms with Gasteiger partial charge in [0.25, 0.3) is 5.91 Å². The van der Waals surface area contributed by atoms with Crippen LogP contribution in [0, 0.1) is 0 Å². The molecule has 0 bridgehead atoms. The van der Waals surface area contributed by atoms with Crippen LogP contribution in [0.2, 0.25) is 0 Å². The van der Waals surface area contributed by atoms with Gasteiger partial charge in [-0.1, -0.05) is 0 Å². The Morgan fingerprint density at radius 3 is 2.56 bits per heavy atom. The number of piperidine rings is 1. The lowest BCUT2D eigenvalue weighted by Crippen LogP contribution is -2.37. The van der Waals surface area contributed by atoms with E-state index in [4.69, 9.17) is 0 Å². The van der Waals surface area contributed by atoms with Crippen molar-refractivity contribution in [2.24, 2.45) is 7.05 Å². The number of hydrogen-bond acceptors (Lipinski definition) is 4. The average molecular weight is 409 g/mol. The molecule has 0 saturated carbocycles. The van der Waals surface area contributed by atoms with E-state index in [0.717, 1.165) is 36.8 Å². The van der Waals surface area contributed by atoms with Gasteiger partial charge in [-0.25, -0.2) is 0 Å². The third-order valence-electron chi connectivity index (χ3n) is 4.39. The number of nitrogens with one attached hydrogen (secondary N) is 1. The molecule has 134 valence electrons. The Labute approximate surface area is 154 Å². The molecule has 25 heavy (non-hydrogen) atoms. The van der Waals surface area contributed by atoms with Crippen molar-refractivity contribution < 1.29 is 9.59 Å². The summed E-state index contributed by atoms with van der Waals surface area (Å²) in [5, 5.41) is 11.1. The van der Waals surface area contributed by atoms with Crippen LogP contribution in [0.4, 0.5) is 5.69 Å². The Kier molecular flexibility index (Phi) is 5.22. The van der Waals surface area contributed by atoms with Crippen molar-refractivity contribution >= 4 is 33.4 Å². The average Bonchev–Trinajstić information content (AvgIpc) is 3.20. The predicted octanol–water partition coefficient (Wildman–Crippen LogP) is 2.20. The monoisotopic (exact) mass is 408 g/mol. The number of aryl methyl sites for hydroxylation is 1. The minimum absolute atomic E-state index is 0.0931. The normalized spacial score (nSPS) is 15.9. The number of aromatic nitrogens is 4. The number of halogens is 1. The van der Waals surface area contributed by atoms with E-state index in [9.17, 15) is 9.59 Å². The summed E-state index contributed by atoms with van der Waals surface area (Å²) in [5.41, 5.74) is 0.838. The first-order valence-corrected chi connectivity index (χ1v) is 9.08. The number of rotatable bonds is 4. The summed E-state index contributed by atoms with van der Waals surface area (Å²) < 4.78 is 3.87. The third kappa shape index (κ3) is 3.76. The smallest absolute Gasteiger partial charge is 0.274 e. The van der Waals surface area contributed by atoms with Crippen LogP contribution >= 0.6 is 15.9 Å². The van der Waals surface area contributed by atoms with E-state index in [2.05, 4.69) is 31.4 Å². The summed E-state index contributed by atoms with van der Waals surface area (Å²) in [6, 6.07) is -0.510. The van der Waals surface area contributed by atoms with Gasteiger partial charge in [0.2, 0.25) is 5.91 Å². The SMILES string of the molecule is CC(C(=O)Nc1cnn(C)c1C(=O)N1CCCCC1)n1cc(Br)cn1. The standard InChI is InChI=1S/C16H21BrN6O2/c1-11(23-10-12(17)8-19-23)15(24)20-13-9-18-21(2)14(13)16(25)22-6-4-3-5-7-22/h8-11H,3-7H2,1-2H3,(H,20,24). The highest BCUT2D eigenvalue weighted by Crippen LogP contribution is 2.21. The zero-order chi connectivity index (χ0) is 18.0. The zero-order valence-corrected chi connectivity index (χ0v) is 15.9. The first-order valence-electron chi connectivity index (χ1n) is 8.29. The summed E-state index contributed by atoms with van der Waals surface area (Å²) in [7, 11) is 1.71. The molecule has 2 aromatic heterocycles. The lowest BCUT2D eigenvalue weighted by molar-refractivity contribution is -0.119. The van der Waals surface area contributed by atoms with Crippen LogP contribution in [0.1, 0.15) is 42.7 Å². The number of amides is 2. The molecular weight excluding hydrogens is 388 g/mol. The highest BCUT2D eigenvalue weighted by Gasteiger charge is 2.26. The fraction of sp³-hybridized carbons (Fsp3) is 0.500. The van der Waals surface area contributed by atoms with Crippen LogP contribution in [-0.2, 0) is 11.8 Å². The molecule has 1 unspecified atom stereocenters. The molecule has 0 spiro atoms. The molecule has 0 radical (unpaired) electrons. The minimum Gasteiger partial charge on any atom is -0.337 e. The predicted molar refractivity (Wildman–Crippen MR) is 96.2 cm³/mol. The van der Waals surface area contributed by atoms with Crippen LogP contribution in [-0.4, -0.2) is 49.4 Å². The van der Waals surface area contributed by atoms with Gasteiger partial charge in [0.05, 0.1) is 22.6 Å². The summed E-state index contributed by atoms with van der Waals surface area (Å²) >= 11 is 3.32. The second kappa shape index (κ2) is 7.38. The molecule has 2 aromatic rings. The van der Waals surface area contributed by atoms with Crippen molar-refractivity contribution in [1.82, 2.24) is 24.5 Å². The number of likely N-dealkylation sites (tertiary alicyclic amines) is 1. The molecule has 3 rings (SSSR count). The largest absolute Gasteiger partial charge is 0.337 e. The Balaban J connectivity index is 1.76. The maximum atomic E-state index is 12.8. The van der Waals surface area contributed by atoms with E-state index in [-0.39, 0.29) is 11.8 Å². The van der Waals surface area contributed by atoms with E-state index in [1.807, 2.05) is 4.90 Å². The van der Waals surface area contributed by atoms with Crippen molar-refractivity contribution in [2.75, 3.05) is 18.4 Å². The van der Waals surface area contributed by atoms with Crippen LogP contribution in [0.15, 0.2) is 23.1 Å². The Bertz CT molecular complexity index is 777. The zero-order valence-electron chi connectivity index (χ0n) is 14.3. The van der Waals surface area contributed by atoms with Gasteiger partial charge in [0, 0.05) is 26.3 Å². The van der Waals surface area contributed by atoms with Gasteiger partial charge in [-0.15, -0.1) is 0 Å². The molecular formula is C16H21BrN6O2. The highest BCUT2D eigenvalue weighted by atomic mass is 79.9. The van der Waals surface area contributed by atoms with Crippen LogP contribution < -0.4 is 5.32 Å². The minimum atomic E-state index is -0.510. The molecule has 1 saturated heterocycles. The number of carbonyl (C=O) groups excluding carboxylic acids is 2. The highest BCUT2D eigenvalue weighted by molar-refractivity contribution is 9.10. The quantitative estimate of drug-likeness (QED) is 0.839. The van der Waals surface area contributed by atoms with Crippen LogP contribution in [0.3, 0.4) is 0 Å². The van der Waals surface area contributed by atoms with Crippen LogP contribution in [0.5, 0.6) is 0 Å². The van der Waals surface area contributed by atoms with Crippen molar-refractivity contribution in [1.29, 1.82) is 0 Å². The molecule has 1 atom stereocenters. The second-order valence-corrected chi connectivity index (χ2v) is 7.10. The number of nitrogens with zero attached hydrogens (tertiary/aromatic N) is 5. The molecule has 0 aliphatic carbocycles. The fourth-order valence-electron chi connectivity index (χ4n) is 2.91. The summed E-state index contributed by atoms with van der Waals surface area (Å²) in [6.07, 6.45) is 8.04. The van der Waals surface area contributed by atoms with E-state index in [1.54, 1.807) is 31.0 Å². The van der Waals surface area contributed by atoms with Gasteiger partial charge >= 0.3 is 0 Å². The van der Waals surface area contributed by atoms with Crippen molar-refractivity contribution in [3.8, 4) is 0 Å². The molecule has 2 amide bonds. The van der Waals surface area contributed by atoms with Crippen molar-refractivity contribution in [3.05, 3.63) is 28.8 Å². The van der Waals surface area contributed by atoms with Gasteiger partial charge in [-0.05, 0) is 42.1 Å². The van der Waals surface area contributed by atoms with Gasteiger partial charge in [0.15, 0.2) is 0 Å². The Hall–Kier alpha value is -2.16. The van der Waals surface area contributed by atoms with Gasteiger partial charge < -0.3 is 10.2 Å². The number of hydrogen-bond donors (Lipinski definition) is 1. The number of carbonyl (C=O) groups is 2. The summed E-state index contributed by atoms with van der Waals surface area (Å²) in [6.45, 7) is 3.24. The summed E-state index contributed by atoms with van der Waals surface area (Å²) in [4.78, 5) is 27.2. The van der Waals surface area contributed by atoms with E-state index in [1.165, 1.54) is 10.9 Å². The Morgan fingerprint density at radius 2 is 1.92 bits per heavy atom. The second-order valence-electron chi connectivity index (χ2n) is 6.19. The fourth-order valence-corrected chi connectivity index (χ4v) is 3.21. The van der Waals surface area contributed by atoms with Gasteiger partial charge in [-0.3, -0.25) is 19.0 Å². The third-order valence-corrected chi connectivity index (χ3v) is 4.80. The first-order chi connectivity index (χ1) is 12.0. The maximum absolute atomic E-state index is 12.8. The van der Waals surface area contributed by atoms with Gasteiger partial charge in [0.1, 0.15) is 11.7 Å². The van der Waals surface area contributed by atoms with Crippen LogP contribution in [0.25, 0.3) is 0 Å². The van der Waals surface area contributed by atoms with E-state index in [0.29, 0.717) is 11.4 Å². The topological polar surface area (TPSA) is 85.0 Å². The molecule has 1 N–H and O–H groups in total. The molecule has 1 fully saturated rings. The molecule has 9 heteroatoms. The molecule has 8 nitrogen and oxygen atoms in total. The first kappa shape index (κ1) is 17.7. The van der Waals surface area contributed by atoms with Crippen molar-refractivity contribution in [3.63, 3.8) is 0 Å². The maximum Gasteiger partial charge on any atom is 0.274 e. The lowest BCUT2D eigenvalue weighted by Gasteiger charge is -2.27. The molecule has 1 aliphatic heterocycles. The van der Waals surface area contributed by atoms with Crippen molar-refractivity contribution in [2.45, 2.75) is 32.2 Å².